The molecule has 3 aromatic heterocycles. The molecule has 0 spiro atoms. The van der Waals surface area contributed by atoms with Crippen LogP contribution in [0.4, 0.5) is 0 Å². The van der Waals surface area contributed by atoms with E-state index in [4.69, 9.17) is 11.6 Å². The van der Waals surface area contributed by atoms with E-state index in [-0.39, 0.29) is 5.56 Å². The summed E-state index contributed by atoms with van der Waals surface area (Å²) in [6.45, 7) is 4.06. The van der Waals surface area contributed by atoms with Crippen molar-refractivity contribution in [1.82, 2.24) is 29.4 Å². The zero-order chi connectivity index (χ0) is 22.9. The van der Waals surface area contributed by atoms with Gasteiger partial charge in [0.05, 0.1) is 5.69 Å². The predicted molar refractivity (Wildman–Crippen MR) is 133 cm³/mol. The number of aryl methyl sites for hydroxylation is 2. The number of nitrogens with zero attached hydrogens (tertiary/aromatic N) is 6. The lowest BCUT2D eigenvalue weighted by Crippen LogP contribution is -2.15. The van der Waals surface area contributed by atoms with Crippen molar-refractivity contribution in [3.63, 3.8) is 0 Å². The molecule has 0 N–H and O–H groups in total. The first-order valence-electron chi connectivity index (χ1n) is 10.3. The van der Waals surface area contributed by atoms with Crippen LogP contribution in [0.3, 0.4) is 0 Å². The molecule has 10 heteroatoms. The second-order valence-electron chi connectivity index (χ2n) is 7.41. The maximum atomic E-state index is 12.5. The molecule has 0 fully saturated rings. The Morgan fingerprint density at radius 2 is 1.91 bits per heavy atom. The third-order valence-electron chi connectivity index (χ3n) is 4.99. The molecule has 33 heavy (non-hydrogen) atoms. The average Bonchev–Trinajstić information content (AvgIpc) is 3.42. The SMILES string of the molecule is CCc1nn2c(=O)cc(CSc3nnc(-c4ccc(Cl)cc4)n3-c3cccc(C)c3)nc2s1. The standard InChI is InChI=1S/C23H19ClN6OS2/c1-3-19-28-30-20(31)12-17(25-22(30)33-19)13-32-23-27-26-21(15-7-9-16(24)10-8-15)29(23)18-6-4-5-14(2)11-18/h4-12H,3,13H2,1-2H3. The van der Waals surface area contributed by atoms with Gasteiger partial charge < -0.3 is 0 Å². The Balaban J connectivity index is 1.52. The van der Waals surface area contributed by atoms with Gasteiger partial charge in [0, 0.05) is 28.1 Å². The van der Waals surface area contributed by atoms with Crippen LogP contribution in [-0.2, 0) is 12.2 Å². The number of hydrogen-bond acceptors (Lipinski definition) is 7. The van der Waals surface area contributed by atoms with Gasteiger partial charge in [-0.05, 0) is 55.3 Å². The van der Waals surface area contributed by atoms with Crippen molar-refractivity contribution in [3.8, 4) is 17.1 Å². The van der Waals surface area contributed by atoms with Gasteiger partial charge in [0.1, 0.15) is 5.01 Å². The Morgan fingerprint density at radius 1 is 1.09 bits per heavy atom. The van der Waals surface area contributed by atoms with Crippen molar-refractivity contribution in [2.45, 2.75) is 31.2 Å². The number of hydrogen-bond donors (Lipinski definition) is 0. The summed E-state index contributed by atoms with van der Waals surface area (Å²) in [5.74, 6) is 1.20. The van der Waals surface area contributed by atoms with Gasteiger partial charge in [-0.2, -0.15) is 9.61 Å². The monoisotopic (exact) mass is 494 g/mol. The predicted octanol–water partition coefficient (Wildman–Crippen LogP) is 5.22. The molecule has 0 aliphatic rings. The Bertz CT molecular complexity index is 1510. The van der Waals surface area contributed by atoms with Crippen LogP contribution in [0.25, 0.3) is 22.0 Å². The lowest BCUT2D eigenvalue weighted by molar-refractivity contribution is 0.851. The van der Waals surface area contributed by atoms with Gasteiger partial charge in [-0.25, -0.2) is 4.98 Å². The molecule has 0 bridgehead atoms. The first-order valence-corrected chi connectivity index (χ1v) is 12.5. The second kappa shape index (κ2) is 9.09. The first-order chi connectivity index (χ1) is 16.0. The third kappa shape index (κ3) is 4.44. The lowest BCUT2D eigenvalue weighted by Gasteiger charge is -2.11. The summed E-state index contributed by atoms with van der Waals surface area (Å²) in [6, 6.07) is 17.2. The van der Waals surface area contributed by atoms with Crippen molar-refractivity contribution >= 4 is 39.7 Å². The molecule has 0 unspecified atom stereocenters. The van der Waals surface area contributed by atoms with Crippen LogP contribution in [0.2, 0.25) is 5.02 Å². The zero-order valence-corrected chi connectivity index (χ0v) is 20.3. The highest BCUT2D eigenvalue weighted by Crippen LogP contribution is 2.30. The fourth-order valence-corrected chi connectivity index (χ4v) is 5.23. The van der Waals surface area contributed by atoms with Crippen LogP contribution in [0, 0.1) is 6.92 Å². The van der Waals surface area contributed by atoms with Crippen LogP contribution in [-0.4, -0.2) is 29.4 Å². The summed E-state index contributed by atoms with van der Waals surface area (Å²) in [5, 5.41) is 15.5. The molecule has 0 saturated heterocycles. The van der Waals surface area contributed by atoms with E-state index >= 15 is 0 Å². The summed E-state index contributed by atoms with van der Waals surface area (Å²) >= 11 is 9.00. The van der Waals surface area contributed by atoms with Crippen LogP contribution in [0.5, 0.6) is 0 Å². The second-order valence-corrected chi connectivity index (χ2v) is 9.83. The molecule has 5 aromatic rings. The Kier molecular flexibility index (Phi) is 6.01. The minimum absolute atomic E-state index is 0.173. The maximum Gasteiger partial charge on any atom is 0.275 e. The van der Waals surface area contributed by atoms with Crippen LogP contribution < -0.4 is 5.56 Å². The van der Waals surface area contributed by atoms with Crippen molar-refractivity contribution in [3.05, 3.63) is 86.2 Å². The van der Waals surface area contributed by atoms with Gasteiger partial charge in [-0.15, -0.1) is 10.2 Å². The van der Waals surface area contributed by atoms with Crippen LogP contribution in [0.1, 0.15) is 23.2 Å². The lowest BCUT2D eigenvalue weighted by atomic mass is 10.2. The summed E-state index contributed by atoms with van der Waals surface area (Å²) in [7, 11) is 0. The largest absolute Gasteiger partial charge is 0.275 e. The molecule has 0 saturated carbocycles. The fraction of sp³-hybridized carbons (Fsp3) is 0.174. The molecule has 0 aliphatic heterocycles. The van der Waals surface area contributed by atoms with Crippen molar-refractivity contribution in [2.75, 3.05) is 0 Å². The summed E-state index contributed by atoms with van der Waals surface area (Å²) in [6.07, 6.45) is 0.768. The van der Waals surface area contributed by atoms with E-state index in [2.05, 4.69) is 39.3 Å². The molecule has 3 heterocycles. The topological polar surface area (TPSA) is 78.0 Å². The number of aromatic nitrogens is 6. The molecule has 2 aromatic carbocycles. The van der Waals surface area contributed by atoms with E-state index in [0.29, 0.717) is 26.6 Å². The zero-order valence-electron chi connectivity index (χ0n) is 17.9. The molecule has 0 radical (unpaired) electrons. The number of benzene rings is 2. The molecule has 7 nitrogen and oxygen atoms in total. The highest BCUT2D eigenvalue weighted by molar-refractivity contribution is 7.98. The van der Waals surface area contributed by atoms with Crippen molar-refractivity contribution in [1.29, 1.82) is 0 Å². The first kappa shape index (κ1) is 21.8. The van der Waals surface area contributed by atoms with Crippen molar-refractivity contribution in [2.24, 2.45) is 0 Å². The molecular formula is C23H19ClN6OS2. The molecule has 5 rings (SSSR count). The maximum absolute atomic E-state index is 12.5. The van der Waals surface area contributed by atoms with Crippen LogP contribution >= 0.6 is 34.7 Å². The Labute approximate surface area is 203 Å². The number of halogens is 1. The summed E-state index contributed by atoms with van der Waals surface area (Å²) < 4.78 is 3.39. The van der Waals surface area contributed by atoms with Gasteiger partial charge in [0.25, 0.3) is 5.56 Å². The van der Waals surface area contributed by atoms with Crippen LogP contribution in [0.15, 0.2) is 64.5 Å². The molecular weight excluding hydrogens is 476 g/mol. The van der Waals surface area contributed by atoms with E-state index in [1.54, 1.807) is 0 Å². The fourth-order valence-electron chi connectivity index (χ4n) is 3.40. The quantitative estimate of drug-likeness (QED) is 0.301. The van der Waals surface area contributed by atoms with Gasteiger partial charge in [-0.3, -0.25) is 9.36 Å². The van der Waals surface area contributed by atoms with Crippen molar-refractivity contribution < 1.29 is 0 Å². The minimum atomic E-state index is -0.173. The summed E-state index contributed by atoms with van der Waals surface area (Å²) in [5.41, 5.74) is 3.52. The smallest absolute Gasteiger partial charge is 0.270 e. The van der Waals surface area contributed by atoms with Gasteiger partial charge in [-0.1, -0.05) is 53.8 Å². The molecule has 0 atom stereocenters. The Hall–Kier alpha value is -3.01. The van der Waals surface area contributed by atoms with Gasteiger partial charge in [0.2, 0.25) is 4.96 Å². The Morgan fingerprint density at radius 3 is 2.67 bits per heavy atom. The molecule has 166 valence electrons. The summed E-state index contributed by atoms with van der Waals surface area (Å²) in [4.78, 5) is 17.7. The molecule has 0 amide bonds. The van der Waals surface area contributed by atoms with Gasteiger partial charge >= 0.3 is 0 Å². The number of thioether (sulfide) groups is 1. The van der Waals surface area contributed by atoms with E-state index in [1.165, 1.54) is 33.7 Å². The normalized spacial score (nSPS) is 11.4. The minimum Gasteiger partial charge on any atom is -0.270 e. The van der Waals surface area contributed by atoms with E-state index in [9.17, 15) is 4.79 Å². The van der Waals surface area contributed by atoms with E-state index in [1.807, 2.05) is 47.9 Å². The number of fused-ring (bicyclic) bond motifs is 1. The van der Waals surface area contributed by atoms with Gasteiger partial charge in [0.15, 0.2) is 11.0 Å². The average molecular weight is 495 g/mol. The highest BCUT2D eigenvalue weighted by Gasteiger charge is 2.17. The van der Waals surface area contributed by atoms with E-state index < -0.39 is 0 Å². The van der Waals surface area contributed by atoms with E-state index in [0.717, 1.165) is 34.1 Å². The highest BCUT2D eigenvalue weighted by atomic mass is 35.5. The number of rotatable bonds is 6. The molecule has 0 aliphatic carbocycles. The third-order valence-corrected chi connectivity index (χ3v) is 7.25.